The number of unbranched alkanes of at least 4 members (excludes halogenated alkanes) is 5. The maximum atomic E-state index is 12.0. The molecular weight excluding hydrogens is 226 g/mol. The van der Waals surface area contributed by atoms with E-state index in [2.05, 4.69) is 6.92 Å². The SMILES string of the molecule is CCCCCCCCC(=O)N(CCCO)C(C)C. The summed E-state index contributed by atoms with van der Waals surface area (Å²) >= 11 is 0. The van der Waals surface area contributed by atoms with Gasteiger partial charge in [-0.1, -0.05) is 39.0 Å². The zero-order valence-corrected chi connectivity index (χ0v) is 12.5. The average Bonchev–Trinajstić information content (AvgIpc) is 2.33. The molecule has 0 aliphatic carbocycles. The molecule has 18 heavy (non-hydrogen) atoms. The average molecular weight is 257 g/mol. The Hall–Kier alpha value is -0.570. The van der Waals surface area contributed by atoms with Crippen molar-refractivity contribution in [3.8, 4) is 0 Å². The molecule has 0 aromatic heterocycles. The Labute approximate surface area is 113 Å². The van der Waals surface area contributed by atoms with E-state index in [-0.39, 0.29) is 18.6 Å². The molecule has 0 saturated carbocycles. The second-order valence-corrected chi connectivity index (χ2v) is 5.28. The fourth-order valence-corrected chi connectivity index (χ4v) is 2.11. The molecule has 1 amide bonds. The van der Waals surface area contributed by atoms with Gasteiger partial charge >= 0.3 is 0 Å². The van der Waals surface area contributed by atoms with Crippen LogP contribution in [0.3, 0.4) is 0 Å². The standard InChI is InChI=1S/C15H31NO2/c1-4-5-6-7-8-9-11-15(18)16(14(2)3)12-10-13-17/h14,17H,4-13H2,1-3H3. The van der Waals surface area contributed by atoms with E-state index in [1.807, 2.05) is 18.7 Å². The highest BCUT2D eigenvalue weighted by molar-refractivity contribution is 5.76. The first-order valence-electron chi connectivity index (χ1n) is 7.53. The quantitative estimate of drug-likeness (QED) is 0.577. The molecule has 0 spiro atoms. The maximum absolute atomic E-state index is 12.0. The van der Waals surface area contributed by atoms with Crippen LogP contribution < -0.4 is 0 Å². The minimum Gasteiger partial charge on any atom is -0.396 e. The van der Waals surface area contributed by atoms with Crippen molar-refractivity contribution >= 4 is 5.91 Å². The zero-order valence-electron chi connectivity index (χ0n) is 12.5. The number of aliphatic hydroxyl groups excluding tert-OH is 1. The number of hydrogen-bond donors (Lipinski definition) is 1. The topological polar surface area (TPSA) is 40.5 Å². The fourth-order valence-electron chi connectivity index (χ4n) is 2.11. The molecule has 0 aromatic carbocycles. The van der Waals surface area contributed by atoms with Crippen molar-refractivity contribution in [3.05, 3.63) is 0 Å². The molecule has 3 nitrogen and oxygen atoms in total. The van der Waals surface area contributed by atoms with E-state index in [0.29, 0.717) is 19.4 Å². The summed E-state index contributed by atoms with van der Waals surface area (Å²) in [6, 6.07) is 0.240. The van der Waals surface area contributed by atoms with Gasteiger partial charge in [0, 0.05) is 25.6 Å². The molecule has 3 heteroatoms. The summed E-state index contributed by atoms with van der Waals surface area (Å²) in [7, 11) is 0. The fraction of sp³-hybridized carbons (Fsp3) is 0.933. The van der Waals surface area contributed by atoms with Gasteiger partial charge in [0.15, 0.2) is 0 Å². The van der Waals surface area contributed by atoms with E-state index in [0.717, 1.165) is 12.8 Å². The van der Waals surface area contributed by atoms with Crippen LogP contribution in [-0.2, 0) is 4.79 Å². The molecule has 1 N–H and O–H groups in total. The van der Waals surface area contributed by atoms with Crippen LogP contribution in [-0.4, -0.2) is 35.1 Å². The summed E-state index contributed by atoms with van der Waals surface area (Å²) in [4.78, 5) is 13.9. The van der Waals surface area contributed by atoms with Gasteiger partial charge in [-0.25, -0.2) is 0 Å². The van der Waals surface area contributed by atoms with Gasteiger partial charge in [0.2, 0.25) is 5.91 Å². The Morgan fingerprint density at radius 1 is 1.06 bits per heavy atom. The van der Waals surface area contributed by atoms with Gasteiger partial charge in [-0.2, -0.15) is 0 Å². The first kappa shape index (κ1) is 17.4. The Kier molecular flexibility index (Phi) is 11.2. The van der Waals surface area contributed by atoms with E-state index < -0.39 is 0 Å². The molecule has 0 atom stereocenters. The van der Waals surface area contributed by atoms with E-state index in [1.165, 1.54) is 25.7 Å². The van der Waals surface area contributed by atoms with E-state index >= 15 is 0 Å². The summed E-state index contributed by atoms with van der Waals surface area (Å²) in [6.07, 6.45) is 8.63. The molecule has 0 unspecified atom stereocenters. The van der Waals surface area contributed by atoms with Gasteiger partial charge in [-0.15, -0.1) is 0 Å². The van der Waals surface area contributed by atoms with Crippen LogP contribution >= 0.6 is 0 Å². The van der Waals surface area contributed by atoms with Crippen molar-refractivity contribution in [1.29, 1.82) is 0 Å². The van der Waals surface area contributed by atoms with Crippen molar-refractivity contribution in [2.24, 2.45) is 0 Å². The molecule has 0 bridgehead atoms. The first-order chi connectivity index (χ1) is 8.63. The molecule has 0 radical (unpaired) electrons. The third-order valence-electron chi connectivity index (χ3n) is 3.25. The predicted octanol–water partition coefficient (Wildman–Crippen LogP) is 3.36. The van der Waals surface area contributed by atoms with Crippen molar-refractivity contribution in [2.45, 2.75) is 78.2 Å². The van der Waals surface area contributed by atoms with Crippen molar-refractivity contribution in [3.63, 3.8) is 0 Å². The van der Waals surface area contributed by atoms with Gasteiger partial charge in [0.05, 0.1) is 0 Å². The molecule has 0 heterocycles. The minimum absolute atomic E-state index is 0.160. The number of hydrogen-bond acceptors (Lipinski definition) is 2. The lowest BCUT2D eigenvalue weighted by atomic mass is 10.1. The molecule has 0 aromatic rings. The van der Waals surface area contributed by atoms with Crippen molar-refractivity contribution in [2.75, 3.05) is 13.2 Å². The third kappa shape index (κ3) is 8.51. The summed E-state index contributed by atoms with van der Waals surface area (Å²) < 4.78 is 0. The Morgan fingerprint density at radius 2 is 1.67 bits per heavy atom. The number of amides is 1. The number of carbonyl (C=O) groups excluding carboxylic acids is 1. The Morgan fingerprint density at radius 3 is 2.22 bits per heavy atom. The number of rotatable bonds is 11. The Balaban J connectivity index is 3.75. The minimum atomic E-state index is 0.160. The van der Waals surface area contributed by atoms with Gasteiger partial charge < -0.3 is 10.0 Å². The Bertz CT molecular complexity index is 205. The lowest BCUT2D eigenvalue weighted by Gasteiger charge is -2.26. The lowest BCUT2D eigenvalue weighted by molar-refractivity contribution is -0.133. The van der Waals surface area contributed by atoms with Crippen molar-refractivity contribution in [1.82, 2.24) is 4.90 Å². The van der Waals surface area contributed by atoms with Crippen LogP contribution in [0.25, 0.3) is 0 Å². The molecule has 0 rings (SSSR count). The second-order valence-electron chi connectivity index (χ2n) is 5.28. The number of nitrogens with zero attached hydrogens (tertiary/aromatic N) is 1. The summed E-state index contributed by atoms with van der Waals surface area (Å²) in [5.74, 6) is 0.244. The van der Waals surface area contributed by atoms with Gasteiger partial charge in [0.25, 0.3) is 0 Å². The molecule has 0 fully saturated rings. The van der Waals surface area contributed by atoms with Crippen LogP contribution in [0.15, 0.2) is 0 Å². The van der Waals surface area contributed by atoms with Crippen LogP contribution in [0.2, 0.25) is 0 Å². The molecule has 108 valence electrons. The number of carbonyl (C=O) groups is 1. The first-order valence-corrected chi connectivity index (χ1v) is 7.53. The summed E-state index contributed by atoms with van der Waals surface area (Å²) in [6.45, 7) is 7.13. The molecule has 0 aliphatic rings. The predicted molar refractivity (Wildman–Crippen MR) is 76.5 cm³/mol. The smallest absolute Gasteiger partial charge is 0.222 e. The lowest BCUT2D eigenvalue weighted by Crippen LogP contribution is -2.37. The molecule has 0 saturated heterocycles. The summed E-state index contributed by atoms with van der Waals surface area (Å²) in [5.41, 5.74) is 0. The van der Waals surface area contributed by atoms with Crippen molar-refractivity contribution < 1.29 is 9.90 Å². The van der Waals surface area contributed by atoms with Crippen LogP contribution in [0.4, 0.5) is 0 Å². The monoisotopic (exact) mass is 257 g/mol. The van der Waals surface area contributed by atoms with Gasteiger partial charge in [-0.05, 0) is 26.7 Å². The maximum Gasteiger partial charge on any atom is 0.222 e. The zero-order chi connectivity index (χ0) is 13.8. The van der Waals surface area contributed by atoms with E-state index in [9.17, 15) is 4.79 Å². The van der Waals surface area contributed by atoms with E-state index in [1.54, 1.807) is 0 Å². The summed E-state index contributed by atoms with van der Waals surface area (Å²) in [5, 5.41) is 8.84. The molecule has 0 aliphatic heterocycles. The van der Waals surface area contributed by atoms with Crippen LogP contribution in [0.5, 0.6) is 0 Å². The van der Waals surface area contributed by atoms with E-state index in [4.69, 9.17) is 5.11 Å². The van der Waals surface area contributed by atoms with Gasteiger partial charge in [0.1, 0.15) is 0 Å². The highest BCUT2D eigenvalue weighted by Crippen LogP contribution is 2.10. The largest absolute Gasteiger partial charge is 0.396 e. The number of aliphatic hydroxyl groups is 1. The highest BCUT2D eigenvalue weighted by atomic mass is 16.3. The van der Waals surface area contributed by atoms with Gasteiger partial charge in [-0.3, -0.25) is 4.79 Å². The van der Waals surface area contributed by atoms with Crippen LogP contribution in [0.1, 0.15) is 72.1 Å². The molecular formula is C15H31NO2. The van der Waals surface area contributed by atoms with Crippen LogP contribution in [0, 0.1) is 0 Å². The normalized spacial score (nSPS) is 10.9. The highest BCUT2D eigenvalue weighted by Gasteiger charge is 2.15. The third-order valence-corrected chi connectivity index (χ3v) is 3.25. The second kappa shape index (κ2) is 11.5.